The molecule has 0 aliphatic carbocycles. The molecule has 0 amide bonds. The molecule has 2 rings (SSSR count). The monoisotopic (exact) mass is 285 g/mol. The minimum atomic E-state index is -3.60. The molecule has 1 unspecified atom stereocenters. The Balaban J connectivity index is 2.24. The first-order chi connectivity index (χ1) is 8.42. The van der Waals surface area contributed by atoms with Gasteiger partial charge in [0, 0.05) is 11.3 Å². The van der Waals surface area contributed by atoms with Gasteiger partial charge in [0.05, 0.1) is 10.8 Å². The summed E-state index contributed by atoms with van der Waals surface area (Å²) in [5.74, 6) is -1.16. The first-order valence-electron chi connectivity index (χ1n) is 5.22. The molecule has 7 heteroatoms. The van der Waals surface area contributed by atoms with Gasteiger partial charge in [-0.05, 0) is 6.07 Å². The molecule has 5 nitrogen and oxygen atoms in total. The van der Waals surface area contributed by atoms with Gasteiger partial charge in [0.1, 0.15) is 5.04 Å². The molecule has 96 valence electrons. The summed E-state index contributed by atoms with van der Waals surface area (Å²) in [6, 6.07) is 6.55. The van der Waals surface area contributed by atoms with Crippen LogP contribution in [-0.4, -0.2) is 30.3 Å². The summed E-state index contributed by atoms with van der Waals surface area (Å²) < 4.78 is 27.1. The third-order valence-electron chi connectivity index (χ3n) is 2.49. The first kappa shape index (κ1) is 13.1. The van der Waals surface area contributed by atoms with Crippen LogP contribution in [0.2, 0.25) is 0 Å². The normalized spacial score (nSPS) is 17.9. The number of carboxylic acid groups (broad SMARTS) is 1. The number of fused-ring (bicyclic) bond motifs is 1. The van der Waals surface area contributed by atoms with Crippen LogP contribution in [0.15, 0.2) is 33.6 Å². The number of thioether (sulfide) groups is 1. The summed E-state index contributed by atoms with van der Waals surface area (Å²) >= 11 is 1.16. The maximum absolute atomic E-state index is 11.7. The van der Waals surface area contributed by atoms with Crippen molar-refractivity contribution in [2.75, 3.05) is 5.75 Å². The second-order valence-electron chi connectivity index (χ2n) is 3.92. The van der Waals surface area contributed by atoms with Gasteiger partial charge in [-0.3, -0.25) is 4.79 Å². The molecule has 0 radical (unpaired) electrons. The SMILES string of the molecule is CC(CSC1=NS(=O)(=O)c2ccccc21)C(=O)O. The number of rotatable bonds is 3. The van der Waals surface area contributed by atoms with E-state index in [0.29, 0.717) is 10.6 Å². The van der Waals surface area contributed by atoms with Gasteiger partial charge in [-0.15, -0.1) is 11.8 Å². The number of hydrogen-bond acceptors (Lipinski definition) is 4. The van der Waals surface area contributed by atoms with E-state index in [2.05, 4.69) is 4.40 Å². The standard InChI is InChI=1S/C11H11NO4S2/c1-7(11(13)14)6-17-10-8-4-2-3-5-9(8)18(15,16)12-10/h2-5,7H,6H2,1H3,(H,13,14). The fraction of sp³-hybridized carbons (Fsp3) is 0.273. The van der Waals surface area contributed by atoms with Crippen LogP contribution >= 0.6 is 11.8 Å². The number of aliphatic carboxylic acids is 1. The molecular weight excluding hydrogens is 274 g/mol. The largest absolute Gasteiger partial charge is 0.481 e. The highest BCUT2D eigenvalue weighted by Crippen LogP contribution is 2.31. The third kappa shape index (κ3) is 2.41. The molecule has 0 saturated carbocycles. The van der Waals surface area contributed by atoms with Crippen molar-refractivity contribution in [2.45, 2.75) is 11.8 Å². The summed E-state index contributed by atoms with van der Waals surface area (Å²) in [5, 5.41) is 9.16. The quantitative estimate of drug-likeness (QED) is 0.911. The highest BCUT2D eigenvalue weighted by molar-refractivity contribution is 8.15. The van der Waals surface area contributed by atoms with Crippen LogP contribution in [-0.2, 0) is 14.8 Å². The Morgan fingerprint density at radius 3 is 2.78 bits per heavy atom. The first-order valence-corrected chi connectivity index (χ1v) is 7.64. The van der Waals surface area contributed by atoms with Gasteiger partial charge in [0.25, 0.3) is 10.0 Å². The summed E-state index contributed by atoms with van der Waals surface area (Å²) in [4.78, 5) is 10.9. The van der Waals surface area contributed by atoms with E-state index in [1.807, 2.05) is 0 Å². The van der Waals surface area contributed by atoms with Gasteiger partial charge in [-0.1, -0.05) is 25.1 Å². The molecule has 1 aliphatic heterocycles. The number of hydrogen-bond donors (Lipinski definition) is 1. The van der Waals surface area contributed by atoms with E-state index >= 15 is 0 Å². The number of carbonyl (C=O) groups is 1. The lowest BCUT2D eigenvalue weighted by atomic mass is 10.2. The van der Waals surface area contributed by atoms with Gasteiger partial charge in [0.2, 0.25) is 0 Å². The second kappa shape index (κ2) is 4.74. The summed E-state index contributed by atoms with van der Waals surface area (Å²) in [5.41, 5.74) is 0.556. The molecule has 1 aromatic rings. The van der Waals surface area contributed by atoms with Crippen molar-refractivity contribution in [3.8, 4) is 0 Å². The number of sulfonamides is 1. The van der Waals surface area contributed by atoms with Gasteiger partial charge >= 0.3 is 5.97 Å². The maximum Gasteiger partial charge on any atom is 0.307 e. The molecule has 0 bridgehead atoms. The summed E-state index contributed by atoms with van der Waals surface area (Å²) in [6.45, 7) is 1.57. The fourth-order valence-corrected chi connectivity index (χ4v) is 4.02. The van der Waals surface area contributed by atoms with E-state index in [-0.39, 0.29) is 10.6 Å². The van der Waals surface area contributed by atoms with Crippen LogP contribution in [0.4, 0.5) is 0 Å². The van der Waals surface area contributed by atoms with Crippen molar-refractivity contribution in [1.29, 1.82) is 0 Å². The molecule has 1 heterocycles. The minimum absolute atomic E-state index is 0.190. The molecule has 18 heavy (non-hydrogen) atoms. The van der Waals surface area contributed by atoms with Crippen LogP contribution in [0, 0.1) is 5.92 Å². The van der Waals surface area contributed by atoms with Crippen LogP contribution < -0.4 is 0 Å². The Morgan fingerprint density at radius 1 is 1.44 bits per heavy atom. The lowest BCUT2D eigenvalue weighted by Gasteiger charge is -2.05. The second-order valence-corrected chi connectivity index (χ2v) is 6.50. The molecule has 0 aromatic heterocycles. The average Bonchev–Trinajstić information content (AvgIpc) is 2.59. The fourth-order valence-electron chi connectivity index (χ4n) is 1.46. The van der Waals surface area contributed by atoms with Crippen molar-refractivity contribution in [1.82, 2.24) is 0 Å². The predicted molar refractivity (Wildman–Crippen MR) is 69.4 cm³/mol. The Labute approximate surface area is 109 Å². The van der Waals surface area contributed by atoms with Crippen LogP contribution in [0.1, 0.15) is 12.5 Å². The molecule has 0 saturated heterocycles. The zero-order valence-corrected chi connectivity index (χ0v) is 11.2. The zero-order chi connectivity index (χ0) is 13.3. The Kier molecular flexibility index (Phi) is 3.45. The van der Waals surface area contributed by atoms with E-state index in [1.54, 1.807) is 25.1 Å². The van der Waals surface area contributed by atoms with Crippen molar-refractivity contribution < 1.29 is 18.3 Å². The highest BCUT2D eigenvalue weighted by Gasteiger charge is 2.29. The molecule has 1 atom stereocenters. The van der Waals surface area contributed by atoms with Crippen molar-refractivity contribution in [3.63, 3.8) is 0 Å². The van der Waals surface area contributed by atoms with Crippen molar-refractivity contribution >= 4 is 32.8 Å². The Hall–Kier alpha value is -1.34. The van der Waals surface area contributed by atoms with Crippen molar-refractivity contribution in [2.24, 2.45) is 10.3 Å². The topological polar surface area (TPSA) is 83.8 Å². The van der Waals surface area contributed by atoms with E-state index in [9.17, 15) is 13.2 Å². The molecule has 1 aromatic carbocycles. The van der Waals surface area contributed by atoms with E-state index in [1.165, 1.54) is 6.07 Å². The van der Waals surface area contributed by atoms with Gasteiger partial charge in [-0.2, -0.15) is 12.8 Å². The maximum atomic E-state index is 11.7. The van der Waals surface area contributed by atoms with Gasteiger partial charge in [-0.25, -0.2) is 0 Å². The van der Waals surface area contributed by atoms with Gasteiger partial charge in [0.15, 0.2) is 0 Å². The van der Waals surface area contributed by atoms with Crippen LogP contribution in [0.25, 0.3) is 0 Å². The highest BCUT2D eigenvalue weighted by atomic mass is 32.2. The number of benzene rings is 1. The Morgan fingerprint density at radius 2 is 2.11 bits per heavy atom. The Bertz CT molecular complexity index is 622. The molecule has 0 fully saturated rings. The smallest absolute Gasteiger partial charge is 0.307 e. The van der Waals surface area contributed by atoms with Crippen molar-refractivity contribution in [3.05, 3.63) is 29.8 Å². The third-order valence-corrected chi connectivity index (χ3v) is 5.19. The molecule has 1 N–H and O–H groups in total. The van der Waals surface area contributed by atoms with E-state index in [0.717, 1.165) is 11.8 Å². The number of nitrogens with zero attached hydrogens (tertiary/aromatic N) is 1. The summed E-state index contributed by atoms with van der Waals surface area (Å²) in [6.07, 6.45) is 0. The number of carboxylic acids is 1. The lowest BCUT2D eigenvalue weighted by molar-refractivity contribution is -0.140. The summed E-state index contributed by atoms with van der Waals surface area (Å²) in [7, 11) is -3.60. The average molecular weight is 285 g/mol. The molecule has 1 aliphatic rings. The minimum Gasteiger partial charge on any atom is -0.481 e. The lowest BCUT2D eigenvalue weighted by Crippen LogP contribution is -2.13. The van der Waals surface area contributed by atoms with Crippen LogP contribution in [0.3, 0.4) is 0 Å². The van der Waals surface area contributed by atoms with Gasteiger partial charge < -0.3 is 5.11 Å². The zero-order valence-electron chi connectivity index (χ0n) is 9.53. The predicted octanol–water partition coefficient (Wildman–Crippen LogP) is 1.59. The van der Waals surface area contributed by atoms with Crippen LogP contribution in [0.5, 0.6) is 0 Å². The molecular formula is C11H11NO4S2. The van der Waals surface area contributed by atoms with E-state index in [4.69, 9.17) is 5.11 Å². The van der Waals surface area contributed by atoms with E-state index < -0.39 is 21.9 Å². The molecule has 0 spiro atoms.